The van der Waals surface area contributed by atoms with Crippen LogP contribution in [0.4, 0.5) is 11.4 Å². The summed E-state index contributed by atoms with van der Waals surface area (Å²) in [4.78, 5) is 41.4. The van der Waals surface area contributed by atoms with Crippen LogP contribution in [0.1, 0.15) is 16.8 Å². The Labute approximate surface area is 119 Å². The third-order valence-electron chi connectivity index (χ3n) is 3.36. The fraction of sp³-hybridized carbons (Fsp3) is 0.214. The standard InChI is InChI=1S/C14H14N4O3/c19-12-9(8-16-14(21)17-12)13(20)18-7-3-6-15-10-4-1-2-5-11(10)18/h1-2,4-5,8,15H,3,6-7H2,(H2,16,17,19,21). The lowest BCUT2D eigenvalue weighted by Gasteiger charge is -2.21. The molecule has 2 heterocycles. The Morgan fingerprint density at radius 1 is 1.19 bits per heavy atom. The number of fused-ring (bicyclic) bond motifs is 1. The van der Waals surface area contributed by atoms with E-state index >= 15 is 0 Å². The molecule has 0 saturated heterocycles. The van der Waals surface area contributed by atoms with Gasteiger partial charge in [-0.25, -0.2) is 4.79 Å². The molecule has 1 aliphatic rings. The van der Waals surface area contributed by atoms with Crippen LogP contribution in [0.3, 0.4) is 0 Å². The first kappa shape index (κ1) is 13.2. The van der Waals surface area contributed by atoms with Crippen molar-refractivity contribution in [2.24, 2.45) is 0 Å². The highest BCUT2D eigenvalue weighted by atomic mass is 16.2. The SMILES string of the molecule is O=C(c1c[nH]c(=O)[nH]c1=O)N1CCCNc2ccccc21. The molecule has 0 atom stereocenters. The molecule has 0 saturated carbocycles. The van der Waals surface area contributed by atoms with Gasteiger partial charge in [0.15, 0.2) is 0 Å². The molecule has 2 aromatic rings. The molecule has 3 rings (SSSR count). The lowest BCUT2D eigenvalue weighted by atomic mass is 10.2. The minimum atomic E-state index is -0.682. The van der Waals surface area contributed by atoms with Crippen molar-refractivity contribution in [3.63, 3.8) is 0 Å². The van der Waals surface area contributed by atoms with E-state index in [2.05, 4.69) is 15.3 Å². The van der Waals surface area contributed by atoms with E-state index in [4.69, 9.17) is 0 Å². The van der Waals surface area contributed by atoms with Gasteiger partial charge in [-0.1, -0.05) is 12.1 Å². The molecule has 0 unspecified atom stereocenters. The number of aromatic amines is 2. The van der Waals surface area contributed by atoms with Crippen molar-refractivity contribution in [2.75, 3.05) is 23.3 Å². The number of anilines is 2. The van der Waals surface area contributed by atoms with Gasteiger partial charge in [-0.05, 0) is 18.6 Å². The highest BCUT2D eigenvalue weighted by Gasteiger charge is 2.24. The molecule has 0 spiro atoms. The van der Waals surface area contributed by atoms with E-state index in [1.54, 1.807) is 4.90 Å². The van der Waals surface area contributed by atoms with Crippen LogP contribution in [0, 0.1) is 0 Å². The van der Waals surface area contributed by atoms with Gasteiger partial charge >= 0.3 is 5.69 Å². The maximum atomic E-state index is 12.6. The number of carbonyl (C=O) groups is 1. The van der Waals surface area contributed by atoms with E-state index in [9.17, 15) is 14.4 Å². The lowest BCUT2D eigenvalue weighted by molar-refractivity contribution is 0.0985. The van der Waals surface area contributed by atoms with E-state index in [1.165, 1.54) is 0 Å². The molecule has 1 aromatic heterocycles. The van der Waals surface area contributed by atoms with Crippen molar-refractivity contribution in [3.8, 4) is 0 Å². The topological polar surface area (TPSA) is 98.1 Å². The van der Waals surface area contributed by atoms with E-state index in [-0.39, 0.29) is 5.56 Å². The van der Waals surface area contributed by atoms with Crippen LogP contribution in [0.25, 0.3) is 0 Å². The van der Waals surface area contributed by atoms with Crippen molar-refractivity contribution in [2.45, 2.75) is 6.42 Å². The van der Waals surface area contributed by atoms with Crippen LogP contribution in [0.2, 0.25) is 0 Å². The Hall–Kier alpha value is -2.83. The highest BCUT2D eigenvalue weighted by Crippen LogP contribution is 2.28. The molecular formula is C14H14N4O3. The molecule has 0 radical (unpaired) electrons. The van der Waals surface area contributed by atoms with Gasteiger partial charge in [0.25, 0.3) is 11.5 Å². The number of nitrogens with zero attached hydrogens (tertiary/aromatic N) is 1. The second-order valence-electron chi connectivity index (χ2n) is 4.74. The number of para-hydroxylation sites is 2. The van der Waals surface area contributed by atoms with Crippen molar-refractivity contribution in [1.82, 2.24) is 9.97 Å². The second kappa shape index (κ2) is 5.28. The summed E-state index contributed by atoms with van der Waals surface area (Å²) in [6, 6.07) is 7.43. The summed E-state index contributed by atoms with van der Waals surface area (Å²) < 4.78 is 0. The number of hydrogen-bond acceptors (Lipinski definition) is 4. The quantitative estimate of drug-likeness (QED) is 0.712. The normalized spacial score (nSPS) is 14.0. The van der Waals surface area contributed by atoms with Crippen LogP contribution in [0.15, 0.2) is 40.1 Å². The fourth-order valence-corrected chi connectivity index (χ4v) is 2.36. The van der Waals surface area contributed by atoms with Gasteiger partial charge in [-0.3, -0.25) is 14.6 Å². The van der Waals surface area contributed by atoms with E-state index < -0.39 is 17.2 Å². The molecule has 0 bridgehead atoms. The Bertz CT molecular complexity index is 793. The maximum Gasteiger partial charge on any atom is 0.325 e. The summed E-state index contributed by atoms with van der Waals surface area (Å²) in [5.41, 5.74) is 0.189. The molecule has 7 nitrogen and oxygen atoms in total. The molecule has 1 aromatic carbocycles. The van der Waals surface area contributed by atoms with Crippen molar-refractivity contribution in [1.29, 1.82) is 0 Å². The highest BCUT2D eigenvalue weighted by molar-refractivity contribution is 6.07. The van der Waals surface area contributed by atoms with Crippen LogP contribution in [-0.4, -0.2) is 29.0 Å². The predicted octanol–water partition coefficient (Wildman–Crippen LogP) is 0.526. The first-order valence-electron chi connectivity index (χ1n) is 6.63. The van der Waals surface area contributed by atoms with Crippen molar-refractivity contribution < 1.29 is 4.79 Å². The monoisotopic (exact) mass is 286 g/mol. The van der Waals surface area contributed by atoms with E-state index in [0.29, 0.717) is 6.54 Å². The summed E-state index contributed by atoms with van der Waals surface area (Å²) in [5.74, 6) is -0.427. The molecule has 0 fully saturated rings. The zero-order valence-electron chi connectivity index (χ0n) is 11.2. The molecule has 21 heavy (non-hydrogen) atoms. The van der Waals surface area contributed by atoms with Crippen LogP contribution in [-0.2, 0) is 0 Å². The van der Waals surface area contributed by atoms with Gasteiger partial charge in [-0.15, -0.1) is 0 Å². The molecule has 0 aliphatic carbocycles. The predicted molar refractivity (Wildman–Crippen MR) is 78.9 cm³/mol. The number of nitrogens with one attached hydrogen (secondary N) is 3. The number of aromatic nitrogens is 2. The largest absolute Gasteiger partial charge is 0.383 e. The maximum absolute atomic E-state index is 12.6. The second-order valence-corrected chi connectivity index (χ2v) is 4.74. The summed E-state index contributed by atoms with van der Waals surface area (Å²) in [6.45, 7) is 1.25. The van der Waals surface area contributed by atoms with Gasteiger partial charge in [-0.2, -0.15) is 0 Å². The summed E-state index contributed by atoms with van der Waals surface area (Å²) in [5, 5.41) is 3.25. The number of hydrogen-bond donors (Lipinski definition) is 3. The first-order chi connectivity index (χ1) is 10.2. The Kier molecular flexibility index (Phi) is 3.31. The summed E-state index contributed by atoms with van der Waals surface area (Å²) in [7, 11) is 0. The Morgan fingerprint density at radius 2 is 2.00 bits per heavy atom. The minimum absolute atomic E-state index is 0.0775. The van der Waals surface area contributed by atoms with Gasteiger partial charge in [0.2, 0.25) is 0 Å². The van der Waals surface area contributed by atoms with Crippen molar-refractivity contribution >= 4 is 17.3 Å². The summed E-state index contributed by atoms with van der Waals surface area (Å²) >= 11 is 0. The smallest absolute Gasteiger partial charge is 0.325 e. The molecule has 1 aliphatic heterocycles. The number of amides is 1. The van der Waals surface area contributed by atoms with Crippen LogP contribution >= 0.6 is 0 Å². The molecule has 7 heteroatoms. The molecule has 3 N–H and O–H groups in total. The average molecular weight is 286 g/mol. The van der Waals surface area contributed by atoms with Gasteiger partial charge in [0.1, 0.15) is 5.56 Å². The zero-order chi connectivity index (χ0) is 14.8. The number of carbonyl (C=O) groups excluding carboxylic acids is 1. The number of benzene rings is 1. The van der Waals surface area contributed by atoms with E-state index in [1.807, 2.05) is 24.3 Å². The summed E-state index contributed by atoms with van der Waals surface area (Å²) in [6.07, 6.45) is 1.92. The molecular weight excluding hydrogens is 272 g/mol. The fourth-order valence-electron chi connectivity index (χ4n) is 2.36. The van der Waals surface area contributed by atoms with Crippen molar-refractivity contribution in [3.05, 3.63) is 56.9 Å². The van der Waals surface area contributed by atoms with Gasteiger partial charge in [0, 0.05) is 19.3 Å². The Morgan fingerprint density at radius 3 is 2.81 bits per heavy atom. The third kappa shape index (κ3) is 2.45. The van der Waals surface area contributed by atoms with Gasteiger partial charge in [0.05, 0.1) is 11.4 Å². The third-order valence-corrected chi connectivity index (χ3v) is 3.36. The average Bonchev–Trinajstić information content (AvgIpc) is 2.69. The van der Waals surface area contributed by atoms with Crippen LogP contribution < -0.4 is 21.5 Å². The van der Waals surface area contributed by atoms with E-state index in [0.717, 1.165) is 30.5 Å². The molecule has 1 amide bonds. The first-order valence-corrected chi connectivity index (χ1v) is 6.63. The number of rotatable bonds is 1. The zero-order valence-corrected chi connectivity index (χ0v) is 11.2. The molecule has 108 valence electrons. The van der Waals surface area contributed by atoms with Crippen LogP contribution in [0.5, 0.6) is 0 Å². The lowest BCUT2D eigenvalue weighted by Crippen LogP contribution is -2.37. The number of H-pyrrole nitrogens is 2. The van der Waals surface area contributed by atoms with Gasteiger partial charge < -0.3 is 15.2 Å². The minimum Gasteiger partial charge on any atom is -0.383 e. The Balaban J connectivity index is 2.05.